The van der Waals surface area contributed by atoms with Gasteiger partial charge < -0.3 is 9.47 Å². The van der Waals surface area contributed by atoms with Crippen molar-refractivity contribution in [3.8, 4) is 0 Å². The summed E-state index contributed by atoms with van der Waals surface area (Å²) in [5, 5.41) is 0. The second kappa shape index (κ2) is 15.4. The smallest absolute Gasteiger partial charge is 0.197 e. The summed E-state index contributed by atoms with van der Waals surface area (Å²) in [6, 6.07) is 21.2. The van der Waals surface area contributed by atoms with Gasteiger partial charge in [-0.05, 0) is 80.0 Å². The SMILES string of the molecule is CC.CC(=O)C1(C)COC(C2=NC(c3ccc(C)cc3)=C(c3ccncc3)C2C)OC1.CCCC1=CCCc2ccccc21. The molecule has 1 saturated heterocycles. The van der Waals surface area contributed by atoms with Crippen molar-refractivity contribution in [2.75, 3.05) is 13.2 Å². The first-order chi connectivity index (χ1) is 21.3. The van der Waals surface area contributed by atoms with Gasteiger partial charge in [0.25, 0.3) is 0 Å². The van der Waals surface area contributed by atoms with Crippen LogP contribution in [0.15, 0.2) is 84.1 Å². The highest BCUT2D eigenvalue weighted by Crippen LogP contribution is 2.41. The molecular weight excluding hydrogens is 544 g/mol. The van der Waals surface area contributed by atoms with Gasteiger partial charge in [-0.3, -0.25) is 14.8 Å². The highest BCUT2D eigenvalue weighted by molar-refractivity contribution is 6.13. The number of aromatic nitrogens is 1. The van der Waals surface area contributed by atoms with Gasteiger partial charge in [0.05, 0.1) is 30.0 Å². The molecule has 3 aromatic rings. The number of Topliss-reactive ketones (excluding diaryl/α,β-unsaturated/α-hetero) is 1. The number of ketones is 1. The van der Waals surface area contributed by atoms with E-state index in [9.17, 15) is 4.79 Å². The van der Waals surface area contributed by atoms with Crippen molar-refractivity contribution >= 4 is 28.3 Å². The number of fused-ring (bicyclic) bond motifs is 1. The molecule has 2 aliphatic heterocycles. The van der Waals surface area contributed by atoms with Crippen molar-refractivity contribution in [1.82, 2.24) is 4.98 Å². The number of carbonyl (C=O) groups is 1. The molecular formula is C39H48N2O3. The molecule has 1 fully saturated rings. The van der Waals surface area contributed by atoms with Gasteiger partial charge in [0.2, 0.25) is 0 Å². The van der Waals surface area contributed by atoms with Crippen molar-refractivity contribution in [2.24, 2.45) is 16.3 Å². The van der Waals surface area contributed by atoms with Crippen LogP contribution in [0.3, 0.4) is 0 Å². The largest absolute Gasteiger partial charge is 0.346 e. The number of rotatable bonds is 6. The molecule has 1 aliphatic carbocycles. The third-order valence-corrected chi connectivity index (χ3v) is 8.57. The minimum Gasteiger partial charge on any atom is -0.346 e. The third kappa shape index (κ3) is 7.51. The molecule has 232 valence electrons. The monoisotopic (exact) mass is 592 g/mol. The van der Waals surface area contributed by atoms with Crippen molar-refractivity contribution in [2.45, 2.75) is 80.4 Å². The van der Waals surface area contributed by atoms with Crippen LogP contribution >= 0.6 is 0 Å². The maximum atomic E-state index is 11.9. The molecule has 0 spiro atoms. The van der Waals surface area contributed by atoms with E-state index in [1.165, 1.54) is 42.4 Å². The van der Waals surface area contributed by atoms with E-state index in [4.69, 9.17) is 14.5 Å². The van der Waals surface area contributed by atoms with Gasteiger partial charge in [-0.1, -0.05) is 94.3 Å². The van der Waals surface area contributed by atoms with Crippen molar-refractivity contribution < 1.29 is 14.3 Å². The molecule has 0 saturated carbocycles. The van der Waals surface area contributed by atoms with Gasteiger partial charge in [0, 0.05) is 23.9 Å². The van der Waals surface area contributed by atoms with Crippen LogP contribution in [0.4, 0.5) is 0 Å². The molecule has 5 nitrogen and oxygen atoms in total. The lowest BCUT2D eigenvalue weighted by Crippen LogP contribution is -2.47. The number of nitrogens with zero attached hydrogens (tertiary/aromatic N) is 2. The highest BCUT2D eigenvalue weighted by Gasteiger charge is 2.41. The first kappa shape index (κ1) is 33.2. The van der Waals surface area contributed by atoms with Crippen LogP contribution in [-0.4, -0.2) is 36.0 Å². The molecule has 0 N–H and O–H groups in total. The van der Waals surface area contributed by atoms with E-state index >= 15 is 0 Å². The second-order valence-electron chi connectivity index (χ2n) is 11.9. The van der Waals surface area contributed by atoms with E-state index in [2.05, 4.69) is 80.4 Å². The lowest BCUT2D eigenvalue weighted by Gasteiger charge is -2.36. The number of ether oxygens (including phenoxy) is 2. The lowest BCUT2D eigenvalue weighted by atomic mass is 9.87. The second-order valence-corrected chi connectivity index (χ2v) is 11.9. The number of aryl methyl sites for hydroxylation is 2. The molecule has 2 aromatic carbocycles. The number of pyridine rings is 1. The maximum Gasteiger partial charge on any atom is 0.197 e. The Morgan fingerprint density at radius 3 is 2.25 bits per heavy atom. The zero-order valence-electron chi connectivity index (χ0n) is 27.5. The molecule has 0 amide bonds. The van der Waals surface area contributed by atoms with Crippen LogP contribution in [0.25, 0.3) is 16.8 Å². The van der Waals surface area contributed by atoms with Gasteiger partial charge in [0.15, 0.2) is 6.29 Å². The first-order valence-corrected chi connectivity index (χ1v) is 16.1. The summed E-state index contributed by atoms with van der Waals surface area (Å²) in [6.45, 7) is 14.6. The molecule has 1 unspecified atom stereocenters. The number of benzene rings is 2. The maximum absolute atomic E-state index is 11.9. The quantitative estimate of drug-likeness (QED) is 0.286. The van der Waals surface area contributed by atoms with Crippen LogP contribution < -0.4 is 0 Å². The van der Waals surface area contributed by atoms with Gasteiger partial charge >= 0.3 is 0 Å². The van der Waals surface area contributed by atoms with Crippen molar-refractivity contribution in [1.29, 1.82) is 0 Å². The molecule has 44 heavy (non-hydrogen) atoms. The number of allylic oxidation sites excluding steroid dienone is 3. The predicted octanol–water partition coefficient (Wildman–Crippen LogP) is 9.16. The van der Waals surface area contributed by atoms with Crippen molar-refractivity contribution in [3.05, 3.63) is 107 Å². The topological polar surface area (TPSA) is 60.8 Å². The normalized spacial score (nSPS) is 22.4. The van der Waals surface area contributed by atoms with E-state index < -0.39 is 11.7 Å². The summed E-state index contributed by atoms with van der Waals surface area (Å²) in [5.41, 5.74) is 10.3. The first-order valence-electron chi connectivity index (χ1n) is 16.1. The molecule has 3 heterocycles. The Morgan fingerprint density at radius 1 is 0.955 bits per heavy atom. The zero-order chi connectivity index (χ0) is 31.7. The van der Waals surface area contributed by atoms with Crippen molar-refractivity contribution in [3.63, 3.8) is 0 Å². The summed E-state index contributed by atoms with van der Waals surface area (Å²) in [6.07, 6.45) is 10.4. The Hall–Kier alpha value is -3.67. The van der Waals surface area contributed by atoms with Gasteiger partial charge in [-0.15, -0.1) is 0 Å². The molecule has 6 rings (SSSR count). The summed E-state index contributed by atoms with van der Waals surface area (Å²) in [4.78, 5) is 21.0. The van der Waals surface area contributed by atoms with E-state index in [1.807, 2.05) is 32.9 Å². The van der Waals surface area contributed by atoms with E-state index in [1.54, 1.807) is 24.9 Å². The Morgan fingerprint density at radius 2 is 1.61 bits per heavy atom. The fourth-order valence-electron chi connectivity index (χ4n) is 5.80. The Balaban J connectivity index is 0.000000245. The van der Waals surface area contributed by atoms with Gasteiger partial charge in [-0.25, -0.2) is 0 Å². The fourth-order valence-corrected chi connectivity index (χ4v) is 5.80. The van der Waals surface area contributed by atoms with E-state index in [0.29, 0.717) is 13.2 Å². The average Bonchev–Trinajstić information content (AvgIpc) is 3.40. The molecule has 0 bridgehead atoms. The third-order valence-electron chi connectivity index (χ3n) is 8.57. The Labute approximate surface area is 264 Å². The zero-order valence-corrected chi connectivity index (χ0v) is 27.5. The Kier molecular flexibility index (Phi) is 11.6. The number of hydrogen-bond donors (Lipinski definition) is 0. The van der Waals surface area contributed by atoms with Crippen LogP contribution in [-0.2, 0) is 20.7 Å². The minimum absolute atomic E-state index is 0.0281. The summed E-state index contributed by atoms with van der Waals surface area (Å²) in [5.74, 6) is 0.105. The van der Waals surface area contributed by atoms with E-state index in [0.717, 1.165) is 28.1 Å². The Bertz CT molecular complexity index is 1490. The van der Waals surface area contributed by atoms with Crippen LogP contribution in [0.5, 0.6) is 0 Å². The fraction of sp³-hybridized carbons (Fsp3) is 0.410. The standard InChI is InChI=1S/C24H26N2O3.C13H16.C2H6/c1-15-5-7-19(8-6-15)22-20(18-9-11-25-12-10-18)16(2)21(26-22)23-28-13-24(4,14-29-23)17(3)27;1-2-6-11-8-5-9-12-7-3-4-10-13(11)12;1-2/h5-12,16,23H,13-14H2,1-4H3;3-4,7-8,10H,2,5-6,9H2,1H3;1-2H3. The van der Waals surface area contributed by atoms with Gasteiger partial charge in [0.1, 0.15) is 5.78 Å². The number of hydrogen-bond acceptors (Lipinski definition) is 5. The number of carbonyl (C=O) groups excluding carboxylic acids is 1. The lowest BCUT2D eigenvalue weighted by molar-refractivity contribution is -0.194. The molecule has 1 aromatic heterocycles. The highest BCUT2D eigenvalue weighted by atomic mass is 16.7. The number of aliphatic imine (C=N–C) groups is 1. The predicted molar refractivity (Wildman–Crippen MR) is 182 cm³/mol. The van der Waals surface area contributed by atoms with E-state index in [-0.39, 0.29) is 11.7 Å². The molecule has 3 aliphatic rings. The van der Waals surface area contributed by atoms with Crippen LogP contribution in [0, 0.1) is 18.3 Å². The van der Waals surface area contributed by atoms with Gasteiger partial charge in [-0.2, -0.15) is 0 Å². The average molecular weight is 593 g/mol. The summed E-state index contributed by atoms with van der Waals surface area (Å²) < 4.78 is 12.0. The molecule has 5 heteroatoms. The van der Waals surface area contributed by atoms with Crippen LogP contribution in [0.2, 0.25) is 0 Å². The molecule has 0 radical (unpaired) electrons. The summed E-state index contributed by atoms with van der Waals surface area (Å²) >= 11 is 0. The molecule has 1 atom stereocenters. The minimum atomic E-state index is -0.597. The van der Waals surface area contributed by atoms with Crippen LogP contribution in [0.1, 0.15) is 88.6 Å². The summed E-state index contributed by atoms with van der Waals surface area (Å²) in [7, 11) is 0.